The third-order valence-corrected chi connectivity index (χ3v) is 4.22. The Kier molecular flexibility index (Phi) is 5.95. The largest absolute Gasteiger partial charge is 0.395 e. The van der Waals surface area contributed by atoms with E-state index in [9.17, 15) is 4.39 Å². The Bertz CT molecular complexity index is 348. The Balaban J connectivity index is 2.94. The number of halogens is 1. The third-order valence-electron chi connectivity index (χ3n) is 2.71. The van der Waals surface area contributed by atoms with Gasteiger partial charge in [-0.05, 0) is 12.5 Å². The molecule has 2 nitrogen and oxygen atoms in total. The molecule has 4 heteroatoms. The SMILES string of the molecule is CCC(N)C(SC(C)CO)c1ccccc1F. The molecule has 96 valence electrons. The first-order valence-electron chi connectivity index (χ1n) is 5.86. The minimum Gasteiger partial charge on any atom is -0.395 e. The van der Waals surface area contributed by atoms with Crippen LogP contribution in [0, 0.1) is 5.82 Å². The van der Waals surface area contributed by atoms with Crippen molar-refractivity contribution in [2.24, 2.45) is 5.73 Å². The smallest absolute Gasteiger partial charge is 0.127 e. The lowest BCUT2D eigenvalue weighted by Crippen LogP contribution is -2.28. The molecule has 3 N–H and O–H groups in total. The fourth-order valence-electron chi connectivity index (χ4n) is 1.62. The lowest BCUT2D eigenvalue weighted by atomic mass is 10.0. The van der Waals surface area contributed by atoms with Gasteiger partial charge in [-0.15, -0.1) is 11.8 Å². The molecule has 0 aliphatic carbocycles. The number of aliphatic hydroxyl groups excluding tert-OH is 1. The normalized spacial score (nSPS) is 16.5. The molecule has 0 amide bonds. The van der Waals surface area contributed by atoms with Gasteiger partial charge in [0.25, 0.3) is 0 Å². The van der Waals surface area contributed by atoms with Crippen LogP contribution in [0.5, 0.6) is 0 Å². The number of thioether (sulfide) groups is 1. The summed E-state index contributed by atoms with van der Waals surface area (Å²) in [7, 11) is 0. The topological polar surface area (TPSA) is 46.2 Å². The first kappa shape index (κ1) is 14.5. The summed E-state index contributed by atoms with van der Waals surface area (Å²) in [5.74, 6) is -0.223. The molecule has 17 heavy (non-hydrogen) atoms. The van der Waals surface area contributed by atoms with E-state index in [1.165, 1.54) is 17.8 Å². The molecule has 0 spiro atoms. The number of hydrogen-bond acceptors (Lipinski definition) is 3. The molecule has 0 aliphatic heterocycles. The maximum atomic E-state index is 13.8. The summed E-state index contributed by atoms with van der Waals surface area (Å²) in [5.41, 5.74) is 6.68. The zero-order valence-corrected chi connectivity index (χ0v) is 11.1. The Morgan fingerprint density at radius 1 is 1.41 bits per heavy atom. The van der Waals surface area contributed by atoms with Gasteiger partial charge >= 0.3 is 0 Å². The van der Waals surface area contributed by atoms with E-state index in [-0.39, 0.29) is 29.0 Å². The van der Waals surface area contributed by atoms with Crippen molar-refractivity contribution in [2.45, 2.75) is 36.8 Å². The van der Waals surface area contributed by atoms with Gasteiger partial charge in [-0.1, -0.05) is 32.0 Å². The second kappa shape index (κ2) is 6.99. The molecule has 0 heterocycles. The summed E-state index contributed by atoms with van der Waals surface area (Å²) in [6, 6.07) is 6.61. The second-order valence-corrected chi connectivity index (χ2v) is 5.73. The van der Waals surface area contributed by atoms with Crippen LogP contribution in [0.2, 0.25) is 0 Å². The highest BCUT2D eigenvalue weighted by Crippen LogP contribution is 2.36. The number of nitrogens with two attached hydrogens (primary N) is 1. The minimum atomic E-state index is -0.223. The zero-order chi connectivity index (χ0) is 12.8. The van der Waals surface area contributed by atoms with E-state index in [1.807, 2.05) is 19.9 Å². The molecule has 3 unspecified atom stereocenters. The summed E-state index contributed by atoms with van der Waals surface area (Å²) in [6.07, 6.45) is 0.782. The van der Waals surface area contributed by atoms with E-state index < -0.39 is 0 Å². The summed E-state index contributed by atoms with van der Waals surface area (Å²) in [4.78, 5) is 0. The van der Waals surface area contributed by atoms with Crippen molar-refractivity contribution in [2.75, 3.05) is 6.61 Å². The van der Waals surface area contributed by atoms with Crippen molar-refractivity contribution in [3.8, 4) is 0 Å². The van der Waals surface area contributed by atoms with E-state index >= 15 is 0 Å². The van der Waals surface area contributed by atoms with Crippen LogP contribution in [0.25, 0.3) is 0 Å². The van der Waals surface area contributed by atoms with Crippen LogP contribution in [0.15, 0.2) is 24.3 Å². The molecule has 0 saturated heterocycles. The maximum Gasteiger partial charge on any atom is 0.127 e. The minimum absolute atomic E-state index is 0.0530. The van der Waals surface area contributed by atoms with Crippen LogP contribution < -0.4 is 5.73 Å². The van der Waals surface area contributed by atoms with E-state index in [0.29, 0.717) is 5.56 Å². The van der Waals surface area contributed by atoms with Crippen LogP contribution >= 0.6 is 11.8 Å². The molecule has 1 rings (SSSR count). The van der Waals surface area contributed by atoms with Crippen molar-refractivity contribution in [1.82, 2.24) is 0 Å². The molecule has 1 aromatic rings. The predicted molar refractivity (Wildman–Crippen MR) is 71.5 cm³/mol. The Morgan fingerprint density at radius 3 is 2.59 bits per heavy atom. The fraction of sp³-hybridized carbons (Fsp3) is 0.538. The maximum absolute atomic E-state index is 13.8. The highest BCUT2D eigenvalue weighted by molar-refractivity contribution is 8.00. The molecule has 0 bridgehead atoms. The van der Waals surface area contributed by atoms with Gasteiger partial charge in [0.1, 0.15) is 5.82 Å². The van der Waals surface area contributed by atoms with Gasteiger partial charge in [-0.25, -0.2) is 4.39 Å². The number of rotatable bonds is 6. The average Bonchev–Trinajstić information content (AvgIpc) is 2.35. The molecule has 0 fully saturated rings. The van der Waals surface area contributed by atoms with Gasteiger partial charge in [0, 0.05) is 22.1 Å². The van der Waals surface area contributed by atoms with Crippen molar-refractivity contribution < 1.29 is 9.50 Å². The summed E-state index contributed by atoms with van der Waals surface area (Å²) < 4.78 is 13.8. The lowest BCUT2D eigenvalue weighted by Gasteiger charge is -2.25. The Hall–Kier alpha value is -0.580. The van der Waals surface area contributed by atoms with E-state index in [4.69, 9.17) is 10.8 Å². The first-order valence-corrected chi connectivity index (χ1v) is 6.80. The van der Waals surface area contributed by atoms with Gasteiger partial charge < -0.3 is 10.8 Å². The first-order chi connectivity index (χ1) is 8.10. The Labute approximate surface area is 106 Å². The van der Waals surface area contributed by atoms with E-state index in [0.717, 1.165) is 6.42 Å². The Morgan fingerprint density at radius 2 is 2.06 bits per heavy atom. The number of hydrogen-bond donors (Lipinski definition) is 2. The summed E-state index contributed by atoms with van der Waals surface area (Å²) >= 11 is 1.53. The van der Waals surface area contributed by atoms with Gasteiger partial charge in [0.15, 0.2) is 0 Å². The van der Waals surface area contributed by atoms with E-state index in [2.05, 4.69) is 0 Å². The van der Waals surface area contributed by atoms with Crippen molar-refractivity contribution in [1.29, 1.82) is 0 Å². The fourth-order valence-corrected chi connectivity index (χ4v) is 2.94. The standard InChI is InChI=1S/C13H20FNOS/c1-3-12(15)13(17-9(2)8-16)10-6-4-5-7-11(10)14/h4-7,9,12-13,16H,3,8,15H2,1-2H3. The third kappa shape index (κ3) is 3.98. The van der Waals surface area contributed by atoms with Gasteiger partial charge in [0.05, 0.1) is 6.61 Å². The summed E-state index contributed by atoms with van der Waals surface area (Å²) in [6.45, 7) is 3.98. The van der Waals surface area contributed by atoms with Crippen LogP contribution in [0.3, 0.4) is 0 Å². The van der Waals surface area contributed by atoms with Crippen LogP contribution in [-0.4, -0.2) is 23.0 Å². The number of aliphatic hydroxyl groups is 1. The molecule has 1 aromatic carbocycles. The van der Waals surface area contributed by atoms with Gasteiger partial charge in [-0.3, -0.25) is 0 Å². The van der Waals surface area contributed by atoms with Crippen LogP contribution in [0.4, 0.5) is 4.39 Å². The molecule has 0 radical (unpaired) electrons. The molecule has 0 aromatic heterocycles. The zero-order valence-electron chi connectivity index (χ0n) is 10.3. The average molecular weight is 257 g/mol. The number of benzene rings is 1. The van der Waals surface area contributed by atoms with E-state index in [1.54, 1.807) is 12.1 Å². The molecule has 3 atom stereocenters. The molecule has 0 saturated carbocycles. The molecular weight excluding hydrogens is 237 g/mol. The van der Waals surface area contributed by atoms with Gasteiger partial charge in [-0.2, -0.15) is 0 Å². The quantitative estimate of drug-likeness (QED) is 0.823. The monoisotopic (exact) mass is 257 g/mol. The lowest BCUT2D eigenvalue weighted by molar-refractivity contribution is 0.299. The summed E-state index contributed by atoms with van der Waals surface area (Å²) in [5, 5.41) is 9.04. The highest BCUT2D eigenvalue weighted by atomic mass is 32.2. The molecule has 0 aliphatic rings. The van der Waals surface area contributed by atoms with Crippen molar-refractivity contribution in [3.05, 3.63) is 35.6 Å². The van der Waals surface area contributed by atoms with Gasteiger partial charge in [0.2, 0.25) is 0 Å². The second-order valence-electron chi connectivity index (χ2n) is 4.14. The highest BCUT2D eigenvalue weighted by Gasteiger charge is 2.23. The van der Waals surface area contributed by atoms with Crippen LogP contribution in [-0.2, 0) is 0 Å². The van der Waals surface area contributed by atoms with Crippen molar-refractivity contribution in [3.63, 3.8) is 0 Å². The van der Waals surface area contributed by atoms with Crippen molar-refractivity contribution >= 4 is 11.8 Å². The molecular formula is C13H20FNOS. The predicted octanol–water partition coefficient (Wildman–Crippen LogP) is 2.72. The van der Waals surface area contributed by atoms with Crippen LogP contribution in [0.1, 0.15) is 31.1 Å².